The molecular weight excluding hydrogens is 282 g/mol. The summed E-state index contributed by atoms with van der Waals surface area (Å²) in [5.41, 5.74) is 0.863. The molecule has 1 N–H and O–H groups in total. The fraction of sp³-hybridized carbons (Fsp3) is 0.250. The van der Waals surface area contributed by atoms with Gasteiger partial charge < -0.3 is 10.1 Å². The maximum Gasteiger partial charge on any atom is 0.136 e. The molecular formula is C16H17N3OS. The van der Waals surface area contributed by atoms with E-state index in [-0.39, 0.29) is 0 Å². The first kappa shape index (κ1) is 13.8. The number of rotatable bonds is 6. The minimum Gasteiger partial charge on any atom is -0.487 e. The molecule has 0 aliphatic carbocycles. The number of benzene rings is 2. The van der Waals surface area contributed by atoms with Crippen molar-refractivity contribution in [3.05, 3.63) is 48.2 Å². The largest absolute Gasteiger partial charge is 0.487 e. The topological polar surface area (TPSA) is 47.0 Å². The molecule has 2 aromatic carbocycles. The quantitative estimate of drug-likeness (QED) is 0.744. The van der Waals surface area contributed by atoms with Gasteiger partial charge in [-0.15, -0.1) is 5.10 Å². The van der Waals surface area contributed by atoms with Gasteiger partial charge in [-0.1, -0.05) is 41.7 Å². The molecule has 0 saturated carbocycles. The van der Waals surface area contributed by atoms with Crippen molar-refractivity contribution >= 4 is 27.3 Å². The molecule has 1 aromatic heterocycles. The summed E-state index contributed by atoms with van der Waals surface area (Å²) in [7, 11) is 0. The van der Waals surface area contributed by atoms with E-state index in [1.807, 2.05) is 24.3 Å². The van der Waals surface area contributed by atoms with E-state index in [4.69, 9.17) is 4.74 Å². The highest BCUT2D eigenvalue weighted by atomic mass is 32.1. The second-order valence-electron chi connectivity index (χ2n) is 4.77. The zero-order valence-electron chi connectivity index (χ0n) is 11.9. The molecule has 0 bridgehead atoms. The molecule has 108 valence electrons. The summed E-state index contributed by atoms with van der Waals surface area (Å²) in [5, 5.41) is 10.8. The Morgan fingerprint density at radius 1 is 1.14 bits per heavy atom. The first-order valence-electron chi connectivity index (χ1n) is 7.03. The second kappa shape index (κ2) is 6.54. The number of hydrogen-bond donors (Lipinski definition) is 1. The van der Waals surface area contributed by atoms with Gasteiger partial charge in [0.15, 0.2) is 0 Å². The number of nitrogens with one attached hydrogen (secondary N) is 1. The van der Waals surface area contributed by atoms with Crippen molar-refractivity contribution in [3.8, 4) is 5.75 Å². The Balaban J connectivity index is 1.70. The van der Waals surface area contributed by atoms with Crippen molar-refractivity contribution in [2.75, 3.05) is 11.9 Å². The number of aromatic nitrogens is 2. The standard InChI is InChI=1S/C16H17N3OS/c1-2-9-17-16-15(18-19-21-16)11-20-14-8-7-12-5-3-4-6-13(12)10-14/h3-8,10,17H,2,9,11H2,1H3. The molecule has 3 aromatic rings. The maximum atomic E-state index is 5.84. The van der Waals surface area contributed by atoms with Gasteiger partial charge in [0.25, 0.3) is 0 Å². The van der Waals surface area contributed by atoms with E-state index in [9.17, 15) is 0 Å². The minimum absolute atomic E-state index is 0.431. The Hall–Kier alpha value is -2.14. The van der Waals surface area contributed by atoms with Gasteiger partial charge in [-0.3, -0.25) is 0 Å². The van der Waals surface area contributed by atoms with Gasteiger partial charge in [-0.05, 0) is 29.3 Å². The molecule has 21 heavy (non-hydrogen) atoms. The van der Waals surface area contributed by atoms with Crippen LogP contribution in [0.15, 0.2) is 42.5 Å². The zero-order chi connectivity index (χ0) is 14.5. The first-order chi connectivity index (χ1) is 10.4. The Morgan fingerprint density at radius 2 is 2.00 bits per heavy atom. The number of hydrogen-bond acceptors (Lipinski definition) is 5. The van der Waals surface area contributed by atoms with Crippen LogP contribution in [0.25, 0.3) is 10.8 Å². The van der Waals surface area contributed by atoms with Crippen molar-refractivity contribution in [2.45, 2.75) is 20.0 Å². The summed E-state index contributed by atoms with van der Waals surface area (Å²) in [6, 6.07) is 14.4. The summed E-state index contributed by atoms with van der Waals surface area (Å²) in [4.78, 5) is 0. The highest BCUT2D eigenvalue weighted by Crippen LogP contribution is 2.23. The van der Waals surface area contributed by atoms with Crippen LogP contribution in [0.5, 0.6) is 5.75 Å². The number of fused-ring (bicyclic) bond motifs is 1. The Kier molecular flexibility index (Phi) is 4.31. The lowest BCUT2D eigenvalue weighted by Gasteiger charge is -2.07. The van der Waals surface area contributed by atoms with Crippen molar-refractivity contribution < 1.29 is 4.74 Å². The van der Waals surface area contributed by atoms with Gasteiger partial charge in [-0.25, -0.2) is 0 Å². The molecule has 0 aliphatic heterocycles. The van der Waals surface area contributed by atoms with E-state index >= 15 is 0 Å². The van der Waals surface area contributed by atoms with Crippen LogP contribution in [0.2, 0.25) is 0 Å². The Labute approximate surface area is 127 Å². The Morgan fingerprint density at radius 3 is 2.86 bits per heavy atom. The lowest BCUT2D eigenvalue weighted by Crippen LogP contribution is -2.03. The summed E-state index contributed by atoms with van der Waals surface area (Å²) >= 11 is 1.37. The van der Waals surface area contributed by atoms with Gasteiger partial charge in [0.05, 0.1) is 0 Å². The zero-order valence-corrected chi connectivity index (χ0v) is 12.7. The third-order valence-electron chi connectivity index (χ3n) is 3.19. The van der Waals surface area contributed by atoms with E-state index in [1.165, 1.54) is 22.3 Å². The number of anilines is 1. The molecule has 0 fully saturated rings. The van der Waals surface area contributed by atoms with E-state index in [1.54, 1.807) is 0 Å². The summed E-state index contributed by atoms with van der Waals surface area (Å²) < 4.78 is 9.83. The van der Waals surface area contributed by atoms with Crippen LogP contribution < -0.4 is 10.1 Å². The van der Waals surface area contributed by atoms with Crippen LogP contribution in [0.1, 0.15) is 19.0 Å². The SMILES string of the molecule is CCCNc1snnc1COc1ccc2ccccc2c1. The average molecular weight is 299 g/mol. The monoisotopic (exact) mass is 299 g/mol. The van der Waals surface area contributed by atoms with Crippen LogP contribution in [-0.4, -0.2) is 16.1 Å². The van der Waals surface area contributed by atoms with Gasteiger partial charge in [0, 0.05) is 18.1 Å². The van der Waals surface area contributed by atoms with E-state index in [0.717, 1.165) is 29.4 Å². The van der Waals surface area contributed by atoms with Crippen LogP contribution >= 0.6 is 11.5 Å². The highest BCUT2D eigenvalue weighted by molar-refractivity contribution is 7.10. The normalized spacial score (nSPS) is 10.7. The second-order valence-corrected chi connectivity index (χ2v) is 5.53. The first-order valence-corrected chi connectivity index (χ1v) is 7.81. The van der Waals surface area contributed by atoms with Crippen molar-refractivity contribution in [1.29, 1.82) is 0 Å². The molecule has 0 radical (unpaired) electrons. The smallest absolute Gasteiger partial charge is 0.136 e. The molecule has 0 spiro atoms. The van der Waals surface area contributed by atoms with Gasteiger partial charge in [-0.2, -0.15) is 0 Å². The fourth-order valence-corrected chi connectivity index (χ4v) is 2.68. The highest BCUT2D eigenvalue weighted by Gasteiger charge is 2.08. The summed E-state index contributed by atoms with van der Waals surface area (Å²) in [6.07, 6.45) is 1.07. The average Bonchev–Trinajstić information content (AvgIpc) is 2.98. The lowest BCUT2D eigenvalue weighted by molar-refractivity contribution is 0.302. The molecule has 0 aliphatic rings. The molecule has 0 unspecified atom stereocenters. The van der Waals surface area contributed by atoms with Crippen LogP contribution in [0.4, 0.5) is 5.00 Å². The minimum atomic E-state index is 0.431. The molecule has 4 nitrogen and oxygen atoms in total. The third-order valence-corrected chi connectivity index (χ3v) is 3.91. The molecule has 1 heterocycles. The van der Waals surface area contributed by atoms with Crippen LogP contribution in [0, 0.1) is 0 Å². The Bertz CT molecular complexity index is 726. The molecule has 0 saturated heterocycles. The predicted molar refractivity (Wildman–Crippen MR) is 87.0 cm³/mol. The van der Waals surface area contributed by atoms with Gasteiger partial charge in [0.2, 0.25) is 0 Å². The molecule has 3 rings (SSSR count). The van der Waals surface area contributed by atoms with Gasteiger partial charge in [0.1, 0.15) is 23.1 Å². The lowest BCUT2D eigenvalue weighted by atomic mass is 10.1. The van der Waals surface area contributed by atoms with Gasteiger partial charge >= 0.3 is 0 Å². The van der Waals surface area contributed by atoms with E-state index < -0.39 is 0 Å². The van der Waals surface area contributed by atoms with E-state index in [2.05, 4.69) is 40.0 Å². The van der Waals surface area contributed by atoms with Crippen molar-refractivity contribution in [1.82, 2.24) is 9.59 Å². The van der Waals surface area contributed by atoms with Crippen LogP contribution in [0.3, 0.4) is 0 Å². The summed E-state index contributed by atoms with van der Waals surface area (Å²) in [6.45, 7) is 3.49. The van der Waals surface area contributed by atoms with Crippen molar-refractivity contribution in [3.63, 3.8) is 0 Å². The number of nitrogens with zero attached hydrogens (tertiary/aromatic N) is 2. The number of ether oxygens (including phenoxy) is 1. The molecule has 0 atom stereocenters. The van der Waals surface area contributed by atoms with Crippen molar-refractivity contribution in [2.24, 2.45) is 0 Å². The molecule has 0 amide bonds. The third kappa shape index (κ3) is 3.31. The predicted octanol–water partition coefficient (Wildman–Crippen LogP) is 4.09. The maximum absolute atomic E-state index is 5.84. The fourth-order valence-electron chi connectivity index (χ4n) is 2.08. The summed E-state index contributed by atoms with van der Waals surface area (Å²) in [5.74, 6) is 0.850. The molecule has 5 heteroatoms. The van der Waals surface area contributed by atoms with Crippen LogP contribution in [-0.2, 0) is 6.61 Å². The van der Waals surface area contributed by atoms with E-state index in [0.29, 0.717) is 6.61 Å².